The van der Waals surface area contributed by atoms with Crippen molar-refractivity contribution < 1.29 is 4.42 Å². The summed E-state index contributed by atoms with van der Waals surface area (Å²) >= 11 is 1.87. The smallest absolute Gasteiger partial charge is 0.136 e. The van der Waals surface area contributed by atoms with Crippen molar-refractivity contribution in [2.24, 2.45) is 5.73 Å². The van der Waals surface area contributed by atoms with Crippen LogP contribution in [-0.4, -0.2) is 4.57 Å². The molecule has 3 aromatic heterocycles. The van der Waals surface area contributed by atoms with Crippen LogP contribution >= 0.6 is 11.3 Å². The van der Waals surface area contributed by atoms with Crippen LogP contribution in [0.2, 0.25) is 0 Å². The Labute approximate surface area is 239 Å². The Bertz CT molecular complexity index is 2420. The lowest BCUT2D eigenvalue weighted by Crippen LogP contribution is -1.96. The zero-order chi connectivity index (χ0) is 27.1. The van der Waals surface area contributed by atoms with E-state index in [0.717, 1.165) is 27.5 Å². The van der Waals surface area contributed by atoms with E-state index in [4.69, 9.17) is 10.2 Å². The summed E-state index contributed by atoms with van der Waals surface area (Å²) in [7, 11) is 0. The zero-order valence-electron chi connectivity index (χ0n) is 22.1. The highest BCUT2D eigenvalue weighted by Crippen LogP contribution is 2.46. The van der Waals surface area contributed by atoms with Crippen LogP contribution in [0.5, 0.6) is 0 Å². The molecular weight excluding hydrogens is 520 g/mol. The van der Waals surface area contributed by atoms with E-state index in [-0.39, 0.29) is 0 Å². The molecule has 0 unspecified atom stereocenters. The van der Waals surface area contributed by atoms with Gasteiger partial charge in [-0.05, 0) is 53.1 Å². The van der Waals surface area contributed by atoms with Gasteiger partial charge in [-0.3, -0.25) is 0 Å². The van der Waals surface area contributed by atoms with E-state index in [9.17, 15) is 0 Å². The molecule has 0 aliphatic rings. The van der Waals surface area contributed by atoms with E-state index in [1.54, 1.807) is 0 Å². The van der Waals surface area contributed by atoms with Gasteiger partial charge in [-0.1, -0.05) is 84.9 Å². The number of hydrogen-bond donors (Lipinski definition) is 1. The van der Waals surface area contributed by atoms with E-state index >= 15 is 0 Å². The summed E-state index contributed by atoms with van der Waals surface area (Å²) in [5.41, 5.74) is 15.1. The Morgan fingerprint density at radius 1 is 0.561 bits per heavy atom. The third-order valence-electron chi connectivity index (χ3n) is 8.44. The summed E-state index contributed by atoms with van der Waals surface area (Å²) < 4.78 is 11.3. The largest absolute Gasteiger partial charge is 0.456 e. The van der Waals surface area contributed by atoms with Crippen LogP contribution in [0, 0.1) is 0 Å². The summed E-state index contributed by atoms with van der Waals surface area (Å²) in [4.78, 5) is 0. The number of aromatic nitrogens is 1. The summed E-state index contributed by atoms with van der Waals surface area (Å²) in [6.45, 7) is 0.466. The summed E-state index contributed by atoms with van der Waals surface area (Å²) in [6, 6.07) is 43.4. The molecule has 6 aromatic carbocycles. The second kappa shape index (κ2) is 8.55. The first-order chi connectivity index (χ1) is 20.3. The molecule has 0 aliphatic heterocycles. The van der Waals surface area contributed by atoms with Crippen molar-refractivity contribution in [1.29, 1.82) is 0 Å². The van der Waals surface area contributed by atoms with Gasteiger partial charge in [-0.25, -0.2) is 0 Å². The summed E-state index contributed by atoms with van der Waals surface area (Å²) in [5, 5.41) is 7.34. The Hall–Kier alpha value is -4.90. The van der Waals surface area contributed by atoms with Crippen LogP contribution in [0.25, 0.3) is 80.7 Å². The molecule has 0 saturated heterocycles. The minimum atomic E-state index is 0.466. The van der Waals surface area contributed by atoms with Crippen LogP contribution in [0.3, 0.4) is 0 Å². The molecule has 3 nitrogen and oxygen atoms in total. The van der Waals surface area contributed by atoms with Crippen molar-refractivity contribution in [3.05, 3.63) is 127 Å². The molecule has 194 valence electrons. The topological polar surface area (TPSA) is 44.1 Å². The normalized spacial score (nSPS) is 12.1. The van der Waals surface area contributed by atoms with Crippen LogP contribution < -0.4 is 5.73 Å². The lowest BCUT2D eigenvalue weighted by atomic mass is 9.94. The number of para-hydroxylation sites is 2. The minimum absolute atomic E-state index is 0.466. The average Bonchev–Trinajstić information content (AvgIpc) is 3.70. The number of fused-ring (bicyclic) bond motifs is 9. The minimum Gasteiger partial charge on any atom is -0.456 e. The number of hydrogen-bond acceptors (Lipinski definition) is 3. The molecule has 3 heterocycles. The van der Waals surface area contributed by atoms with Gasteiger partial charge in [0.05, 0.1) is 21.4 Å². The maximum atomic E-state index is 6.33. The van der Waals surface area contributed by atoms with Gasteiger partial charge in [0.2, 0.25) is 0 Å². The second-order valence-electron chi connectivity index (χ2n) is 10.6. The number of furan rings is 1. The molecule has 9 aromatic rings. The molecule has 9 rings (SSSR count). The van der Waals surface area contributed by atoms with Gasteiger partial charge in [0.15, 0.2) is 0 Å². The highest BCUT2D eigenvalue weighted by atomic mass is 32.1. The second-order valence-corrected chi connectivity index (χ2v) is 11.6. The Balaban J connectivity index is 1.39. The molecule has 0 spiro atoms. The number of thiophene rings is 1. The number of benzene rings is 6. The number of nitrogens with two attached hydrogens (primary N) is 1. The fraction of sp³-hybridized carbons (Fsp3) is 0.0270. The predicted molar refractivity (Wildman–Crippen MR) is 174 cm³/mol. The molecule has 0 atom stereocenters. The highest BCUT2D eigenvalue weighted by molar-refractivity contribution is 7.26. The molecular formula is C37H24N2OS. The van der Waals surface area contributed by atoms with Gasteiger partial charge < -0.3 is 14.7 Å². The van der Waals surface area contributed by atoms with E-state index < -0.39 is 0 Å². The molecule has 41 heavy (non-hydrogen) atoms. The molecule has 2 N–H and O–H groups in total. The SMILES string of the molecule is NCc1cccc2oc3cccc(-c4cccc5sc6c(-n7c8ccccc8c8ccccc87)cccc6c45)c3c12. The summed E-state index contributed by atoms with van der Waals surface area (Å²) in [6.07, 6.45) is 0. The van der Waals surface area contributed by atoms with Crippen molar-refractivity contribution in [2.75, 3.05) is 0 Å². The molecule has 4 heteroatoms. The Kier molecular flexibility index (Phi) is 4.77. The quantitative estimate of drug-likeness (QED) is 0.240. The molecule has 0 saturated carbocycles. The fourth-order valence-electron chi connectivity index (χ4n) is 6.75. The Morgan fingerprint density at radius 3 is 1.93 bits per heavy atom. The van der Waals surface area contributed by atoms with Gasteiger partial charge >= 0.3 is 0 Å². The molecule has 0 aliphatic carbocycles. The van der Waals surface area contributed by atoms with Crippen LogP contribution in [0.1, 0.15) is 5.56 Å². The zero-order valence-corrected chi connectivity index (χ0v) is 22.9. The van der Waals surface area contributed by atoms with Crippen LogP contribution in [0.15, 0.2) is 126 Å². The van der Waals surface area contributed by atoms with Gasteiger partial charge in [-0.2, -0.15) is 0 Å². The third-order valence-corrected chi connectivity index (χ3v) is 9.63. The van der Waals surface area contributed by atoms with Gasteiger partial charge in [0.1, 0.15) is 11.2 Å². The van der Waals surface area contributed by atoms with E-state index in [1.165, 1.54) is 58.8 Å². The molecule has 0 bridgehead atoms. The lowest BCUT2D eigenvalue weighted by molar-refractivity contribution is 0.668. The van der Waals surface area contributed by atoms with Crippen molar-refractivity contribution in [2.45, 2.75) is 6.54 Å². The van der Waals surface area contributed by atoms with E-state index in [2.05, 4.69) is 114 Å². The Morgan fingerprint density at radius 2 is 1.17 bits per heavy atom. The number of nitrogens with zero attached hydrogens (tertiary/aromatic N) is 1. The first-order valence-corrected chi connectivity index (χ1v) is 14.7. The highest BCUT2D eigenvalue weighted by Gasteiger charge is 2.20. The third kappa shape index (κ3) is 3.12. The fourth-order valence-corrected chi connectivity index (χ4v) is 7.98. The van der Waals surface area contributed by atoms with Gasteiger partial charge in [0.25, 0.3) is 0 Å². The molecule has 0 amide bonds. The molecule has 0 radical (unpaired) electrons. The van der Waals surface area contributed by atoms with Crippen molar-refractivity contribution in [3.63, 3.8) is 0 Å². The lowest BCUT2D eigenvalue weighted by Gasteiger charge is -2.10. The first kappa shape index (κ1) is 22.9. The number of rotatable bonds is 3. The van der Waals surface area contributed by atoms with E-state index in [0.29, 0.717) is 6.54 Å². The van der Waals surface area contributed by atoms with Crippen molar-refractivity contribution in [1.82, 2.24) is 4.57 Å². The standard InChI is InChI=1S/C37H24N2OS/c38-21-22-9-5-18-31-34(22)36-26(12-7-19-32(36)40-31)25-13-8-20-33-35(25)27-14-6-17-30(37(27)41-33)39-28-15-3-1-10-23(28)24-11-2-4-16-29(24)39/h1-20H,21,38H2. The first-order valence-electron chi connectivity index (χ1n) is 13.9. The monoisotopic (exact) mass is 544 g/mol. The van der Waals surface area contributed by atoms with Gasteiger partial charge in [0, 0.05) is 43.6 Å². The summed E-state index contributed by atoms with van der Waals surface area (Å²) in [5.74, 6) is 0. The molecule has 0 fully saturated rings. The average molecular weight is 545 g/mol. The van der Waals surface area contributed by atoms with Gasteiger partial charge in [-0.15, -0.1) is 11.3 Å². The van der Waals surface area contributed by atoms with Crippen molar-refractivity contribution in [3.8, 4) is 16.8 Å². The van der Waals surface area contributed by atoms with Crippen LogP contribution in [0.4, 0.5) is 0 Å². The van der Waals surface area contributed by atoms with Crippen LogP contribution in [-0.2, 0) is 6.54 Å². The van der Waals surface area contributed by atoms with E-state index in [1.807, 2.05) is 23.5 Å². The van der Waals surface area contributed by atoms with Crippen molar-refractivity contribution >= 4 is 75.3 Å². The maximum absolute atomic E-state index is 6.33. The predicted octanol–water partition coefficient (Wildman–Crippen LogP) is 10.2. The maximum Gasteiger partial charge on any atom is 0.136 e.